The molecule has 9 nitrogen and oxygen atoms in total. The molecule has 0 unspecified atom stereocenters. The third kappa shape index (κ3) is 5.35. The van der Waals surface area contributed by atoms with Gasteiger partial charge in [0.1, 0.15) is 0 Å². The molecule has 0 amide bonds. The quantitative estimate of drug-likeness (QED) is 0.379. The number of aryl methyl sites for hydroxylation is 2. The van der Waals surface area contributed by atoms with Crippen LogP contribution in [0.5, 0.6) is 17.2 Å². The van der Waals surface area contributed by atoms with Crippen molar-refractivity contribution in [3.05, 3.63) is 82.9 Å². The molecular weight excluding hydrogens is 520 g/mol. The number of carbonyl (C=O) groups excluding carboxylic acids is 1. The summed E-state index contributed by atoms with van der Waals surface area (Å²) in [7, 11) is 0.440. The molecule has 0 fully saturated rings. The van der Waals surface area contributed by atoms with Gasteiger partial charge in [0.2, 0.25) is 21.7 Å². The molecule has 206 valence electrons. The summed E-state index contributed by atoms with van der Waals surface area (Å²) in [5.74, 6) is 0.434. The van der Waals surface area contributed by atoms with Crippen molar-refractivity contribution in [2.24, 2.45) is 4.99 Å². The van der Waals surface area contributed by atoms with Crippen molar-refractivity contribution < 1.29 is 32.2 Å². The topological polar surface area (TPSA) is 113 Å². The first-order chi connectivity index (χ1) is 18.6. The number of esters is 1. The fourth-order valence-electron chi connectivity index (χ4n) is 4.81. The van der Waals surface area contributed by atoms with E-state index < -0.39 is 27.6 Å². The minimum absolute atomic E-state index is 0.0216. The van der Waals surface area contributed by atoms with Crippen LogP contribution < -0.4 is 18.9 Å². The number of hydrogen-bond donors (Lipinski definition) is 1. The molecule has 1 aliphatic rings. The summed E-state index contributed by atoms with van der Waals surface area (Å²) < 4.78 is 51.9. The average molecular weight is 553 g/mol. The van der Waals surface area contributed by atoms with Crippen molar-refractivity contribution in [2.45, 2.75) is 43.7 Å². The number of sulfonamides is 1. The number of nitrogens with one attached hydrogen (secondary N) is 1. The van der Waals surface area contributed by atoms with Gasteiger partial charge in [-0.3, -0.25) is 0 Å². The van der Waals surface area contributed by atoms with Crippen molar-refractivity contribution in [3.63, 3.8) is 0 Å². The SMILES string of the molecule is COc1cc(C2=N[C@@](Cc3ccccc3)([C@@H](C)NS(=O)(=O)c3c(C)cccc3C)C(=O)O2)cc(OC)c1OC. The molecule has 0 aromatic heterocycles. The molecule has 3 aromatic carbocycles. The number of cyclic esters (lactones) is 1. The van der Waals surface area contributed by atoms with Crippen molar-refractivity contribution in [1.29, 1.82) is 0 Å². The van der Waals surface area contributed by atoms with Gasteiger partial charge in [0.05, 0.1) is 32.3 Å². The van der Waals surface area contributed by atoms with Crippen LogP contribution in [-0.4, -0.2) is 53.2 Å². The smallest absolute Gasteiger partial charge is 0.342 e. The predicted molar refractivity (Wildman–Crippen MR) is 147 cm³/mol. The molecular formula is C29H32N2O7S. The molecule has 0 saturated heterocycles. The molecule has 39 heavy (non-hydrogen) atoms. The van der Waals surface area contributed by atoms with E-state index in [1.165, 1.54) is 21.3 Å². The van der Waals surface area contributed by atoms with E-state index in [0.29, 0.717) is 33.9 Å². The normalized spacial score (nSPS) is 17.8. The molecule has 1 N–H and O–H groups in total. The number of carbonyl (C=O) groups is 1. The first kappa shape index (κ1) is 28.1. The van der Waals surface area contributed by atoms with Crippen LogP contribution in [0.1, 0.15) is 29.2 Å². The lowest BCUT2D eigenvalue weighted by Crippen LogP contribution is -2.54. The maximum Gasteiger partial charge on any atom is 0.342 e. The summed E-state index contributed by atoms with van der Waals surface area (Å²) in [6.07, 6.45) is 0.108. The van der Waals surface area contributed by atoms with Crippen LogP contribution in [0.25, 0.3) is 0 Å². The summed E-state index contributed by atoms with van der Waals surface area (Å²) in [6, 6.07) is 16.8. The van der Waals surface area contributed by atoms with Crippen LogP contribution in [0.3, 0.4) is 0 Å². The summed E-state index contributed by atoms with van der Waals surface area (Å²) in [4.78, 5) is 18.6. The Morgan fingerprint density at radius 3 is 2.05 bits per heavy atom. The number of benzene rings is 3. The van der Waals surface area contributed by atoms with Crippen molar-refractivity contribution in [3.8, 4) is 17.2 Å². The average Bonchev–Trinajstić information content (AvgIpc) is 3.24. The second kappa shape index (κ2) is 11.1. The third-order valence-corrected chi connectivity index (χ3v) is 8.64. The molecule has 4 rings (SSSR count). The summed E-state index contributed by atoms with van der Waals surface area (Å²) in [5.41, 5.74) is 0.825. The number of aliphatic imine (C=N–C) groups is 1. The largest absolute Gasteiger partial charge is 0.493 e. The van der Waals surface area contributed by atoms with Crippen molar-refractivity contribution in [2.75, 3.05) is 21.3 Å². The fourth-order valence-corrected chi connectivity index (χ4v) is 6.57. The fraction of sp³-hybridized carbons (Fsp3) is 0.310. The Balaban J connectivity index is 1.82. The Kier molecular flexibility index (Phi) is 7.99. The van der Waals surface area contributed by atoms with Gasteiger partial charge in [-0.05, 0) is 49.6 Å². The first-order valence-corrected chi connectivity index (χ1v) is 13.8. The van der Waals surface area contributed by atoms with E-state index in [1.54, 1.807) is 51.1 Å². The monoisotopic (exact) mass is 552 g/mol. The Morgan fingerprint density at radius 2 is 1.51 bits per heavy atom. The van der Waals surface area contributed by atoms with Crippen LogP contribution in [0.15, 0.2) is 70.6 Å². The van der Waals surface area contributed by atoms with Gasteiger partial charge in [0, 0.05) is 12.0 Å². The minimum atomic E-state index is -4.01. The predicted octanol–water partition coefficient (Wildman–Crippen LogP) is 3.98. The lowest BCUT2D eigenvalue weighted by atomic mass is 9.86. The summed E-state index contributed by atoms with van der Waals surface area (Å²) >= 11 is 0. The van der Waals surface area contributed by atoms with E-state index in [9.17, 15) is 13.2 Å². The van der Waals surface area contributed by atoms with Crippen LogP contribution in [0, 0.1) is 13.8 Å². The van der Waals surface area contributed by atoms with Gasteiger partial charge in [0.25, 0.3) is 0 Å². The van der Waals surface area contributed by atoms with Gasteiger partial charge in [-0.1, -0.05) is 48.5 Å². The van der Waals surface area contributed by atoms with E-state index in [4.69, 9.17) is 23.9 Å². The Morgan fingerprint density at radius 1 is 0.923 bits per heavy atom. The number of ether oxygens (including phenoxy) is 4. The highest BCUT2D eigenvalue weighted by molar-refractivity contribution is 7.89. The van der Waals surface area contributed by atoms with Crippen LogP contribution >= 0.6 is 0 Å². The molecule has 10 heteroatoms. The van der Waals surface area contributed by atoms with Gasteiger partial charge >= 0.3 is 5.97 Å². The number of nitrogens with zero attached hydrogens (tertiary/aromatic N) is 1. The van der Waals surface area contributed by atoms with Gasteiger partial charge in [-0.2, -0.15) is 0 Å². The summed E-state index contributed by atoms with van der Waals surface area (Å²) in [5, 5.41) is 0. The third-order valence-electron chi connectivity index (χ3n) is 6.80. The second-order valence-electron chi connectivity index (χ2n) is 9.37. The van der Waals surface area contributed by atoms with Gasteiger partial charge < -0.3 is 18.9 Å². The van der Waals surface area contributed by atoms with E-state index >= 15 is 0 Å². The molecule has 2 atom stereocenters. The van der Waals surface area contributed by atoms with Gasteiger partial charge in [-0.25, -0.2) is 22.9 Å². The zero-order valence-electron chi connectivity index (χ0n) is 22.8. The van der Waals surface area contributed by atoms with Gasteiger partial charge in [0.15, 0.2) is 17.0 Å². The number of hydrogen-bond acceptors (Lipinski definition) is 8. The molecule has 1 aliphatic heterocycles. The second-order valence-corrected chi connectivity index (χ2v) is 11.0. The van der Waals surface area contributed by atoms with Crippen LogP contribution in [0.2, 0.25) is 0 Å². The Labute approximate surface area is 228 Å². The van der Waals surface area contributed by atoms with E-state index in [0.717, 1.165) is 5.56 Å². The number of rotatable bonds is 10. The first-order valence-electron chi connectivity index (χ1n) is 12.3. The standard InChI is InChI=1S/C29H32N2O7S/c1-18-11-10-12-19(2)26(18)39(33,34)31-20(3)29(17-21-13-8-7-9-14-21)28(32)38-27(30-29)22-15-23(35-4)25(37-6)24(16-22)36-5/h7-16,20,31H,17H2,1-6H3/t20-,29+/m1/s1. The van der Waals surface area contributed by atoms with E-state index in [-0.39, 0.29) is 17.2 Å². The number of methoxy groups -OCH3 is 3. The molecule has 1 heterocycles. The highest BCUT2D eigenvalue weighted by Crippen LogP contribution is 2.40. The zero-order valence-corrected chi connectivity index (χ0v) is 23.6. The maximum atomic E-state index is 13.7. The maximum absolute atomic E-state index is 13.7. The molecule has 0 radical (unpaired) electrons. The molecule has 0 bridgehead atoms. The zero-order chi connectivity index (χ0) is 28.4. The van der Waals surface area contributed by atoms with E-state index in [2.05, 4.69) is 4.72 Å². The molecule has 3 aromatic rings. The Bertz CT molecular complexity index is 1470. The van der Waals surface area contributed by atoms with Crippen LogP contribution in [-0.2, 0) is 26.0 Å². The molecule has 0 aliphatic carbocycles. The summed E-state index contributed by atoms with van der Waals surface area (Å²) in [6.45, 7) is 5.09. The van der Waals surface area contributed by atoms with E-state index in [1.807, 2.05) is 30.3 Å². The van der Waals surface area contributed by atoms with Crippen LogP contribution in [0.4, 0.5) is 0 Å². The highest BCUT2D eigenvalue weighted by atomic mass is 32.2. The molecule has 0 spiro atoms. The Hall–Kier alpha value is -3.89. The van der Waals surface area contributed by atoms with Gasteiger partial charge in [-0.15, -0.1) is 0 Å². The minimum Gasteiger partial charge on any atom is -0.493 e. The lowest BCUT2D eigenvalue weighted by molar-refractivity contribution is -0.139. The van der Waals surface area contributed by atoms with Crippen molar-refractivity contribution in [1.82, 2.24) is 4.72 Å². The molecule has 0 saturated carbocycles. The lowest BCUT2D eigenvalue weighted by Gasteiger charge is -2.30. The van der Waals surface area contributed by atoms with Crippen molar-refractivity contribution >= 4 is 21.9 Å². The highest BCUT2D eigenvalue weighted by Gasteiger charge is 2.52.